The third-order valence-electron chi connectivity index (χ3n) is 4.41. The molecule has 1 aromatic heterocycles. The predicted molar refractivity (Wildman–Crippen MR) is 105 cm³/mol. The third kappa shape index (κ3) is 3.90. The Balaban J connectivity index is 1.94. The number of benzene rings is 1. The number of aromatic nitrogens is 1. The molecule has 0 amide bonds. The van der Waals surface area contributed by atoms with Crippen LogP contribution in [0.2, 0.25) is 0 Å². The molecule has 26 heavy (non-hydrogen) atoms. The topological polar surface area (TPSA) is 68.3 Å². The minimum atomic E-state index is -3.26. The lowest BCUT2D eigenvalue weighted by Crippen LogP contribution is -2.06. The molecule has 0 fully saturated rings. The fraction of sp³-hybridized carbons (Fsp3) is 0.350. The van der Waals surface area contributed by atoms with E-state index in [0.29, 0.717) is 12.2 Å². The highest BCUT2D eigenvalue weighted by Crippen LogP contribution is 2.30. The standard InChI is InChI=1S/C20H24N2O3S/c1-4-10-21-19-12-15(22-18-7-5-6-17(18)19)11-14-8-9-16(26(3,23)24)13-20(14)25-2/h5-6,8-9,12-13H,4,7,10-11H2,1-3H3,(H,21,22). The lowest BCUT2D eigenvalue weighted by molar-refractivity contribution is 0.409. The van der Waals surface area contributed by atoms with Crippen LogP contribution in [0.25, 0.3) is 6.08 Å². The summed E-state index contributed by atoms with van der Waals surface area (Å²) in [4.78, 5) is 5.05. The Morgan fingerprint density at radius 3 is 2.77 bits per heavy atom. The number of ether oxygens (including phenoxy) is 1. The van der Waals surface area contributed by atoms with E-state index in [1.165, 1.54) is 11.8 Å². The minimum absolute atomic E-state index is 0.259. The van der Waals surface area contributed by atoms with Crippen LogP contribution in [0.1, 0.15) is 35.9 Å². The minimum Gasteiger partial charge on any atom is -0.496 e. The highest BCUT2D eigenvalue weighted by atomic mass is 32.2. The van der Waals surface area contributed by atoms with Crippen LogP contribution >= 0.6 is 0 Å². The number of allylic oxidation sites excluding steroid dienone is 1. The molecular formula is C20H24N2O3S. The Morgan fingerprint density at radius 2 is 2.08 bits per heavy atom. The number of pyridine rings is 1. The second-order valence-electron chi connectivity index (χ2n) is 6.48. The third-order valence-corrected chi connectivity index (χ3v) is 5.52. The molecule has 0 aliphatic heterocycles. The van der Waals surface area contributed by atoms with Crippen LogP contribution in [-0.2, 0) is 22.7 Å². The largest absolute Gasteiger partial charge is 0.496 e. The number of rotatable bonds is 7. The molecule has 0 saturated carbocycles. The molecule has 5 nitrogen and oxygen atoms in total. The predicted octanol–water partition coefficient (Wildman–Crippen LogP) is 3.48. The summed E-state index contributed by atoms with van der Waals surface area (Å²) in [7, 11) is -1.71. The van der Waals surface area contributed by atoms with Crippen molar-refractivity contribution in [2.45, 2.75) is 31.1 Å². The van der Waals surface area contributed by atoms with Crippen molar-refractivity contribution in [2.75, 3.05) is 25.2 Å². The van der Waals surface area contributed by atoms with Gasteiger partial charge in [0.05, 0.1) is 17.7 Å². The average molecular weight is 372 g/mol. The van der Waals surface area contributed by atoms with Gasteiger partial charge in [0.1, 0.15) is 5.75 Å². The fourth-order valence-electron chi connectivity index (χ4n) is 3.09. The van der Waals surface area contributed by atoms with Crippen molar-refractivity contribution in [1.82, 2.24) is 4.98 Å². The Labute approximate surface area is 155 Å². The van der Waals surface area contributed by atoms with Crippen LogP contribution in [0.3, 0.4) is 0 Å². The number of nitrogens with zero attached hydrogens (tertiary/aromatic N) is 1. The van der Waals surface area contributed by atoms with E-state index < -0.39 is 9.84 Å². The number of fused-ring (bicyclic) bond motifs is 1. The molecule has 138 valence electrons. The molecule has 0 bridgehead atoms. The van der Waals surface area contributed by atoms with Crippen molar-refractivity contribution in [1.29, 1.82) is 0 Å². The zero-order valence-corrected chi connectivity index (χ0v) is 16.2. The molecule has 3 rings (SSSR count). The van der Waals surface area contributed by atoms with E-state index >= 15 is 0 Å². The van der Waals surface area contributed by atoms with Crippen molar-refractivity contribution in [3.8, 4) is 5.75 Å². The molecule has 0 saturated heterocycles. The first-order valence-electron chi connectivity index (χ1n) is 8.72. The van der Waals surface area contributed by atoms with Crippen molar-refractivity contribution in [3.63, 3.8) is 0 Å². The number of nitrogens with one attached hydrogen (secondary N) is 1. The van der Waals surface area contributed by atoms with Gasteiger partial charge in [-0.3, -0.25) is 4.98 Å². The second kappa shape index (κ2) is 7.50. The van der Waals surface area contributed by atoms with Crippen LogP contribution in [-0.4, -0.2) is 33.3 Å². The molecule has 2 aromatic rings. The van der Waals surface area contributed by atoms with Crippen molar-refractivity contribution >= 4 is 21.6 Å². The quantitative estimate of drug-likeness (QED) is 0.806. The molecule has 6 heteroatoms. The summed E-state index contributed by atoms with van der Waals surface area (Å²) in [5, 5.41) is 3.48. The van der Waals surface area contributed by atoms with E-state index in [-0.39, 0.29) is 4.90 Å². The first kappa shape index (κ1) is 18.5. The van der Waals surface area contributed by atoms with Crippen LogP contribution in [0.5, 0.6) is 5.75 Å². The molecule has 0 spiro atoms. The maximum absolute atomic E-state index is 11.8. The van der Waals surface area contributed by atoms with Gasteiger partial charge >= 0.3 is 0 Å². The summed E-state index contributed by atoms with van der Waals surface area (Å²) >= 11 is 0. The summed E-state index contributed by atoms with van der Waals surface area (Å²) in [6.07, 6.45) is 7.92. The van der Waals surface area contributed by atoms with Gasteiger partial charge in [0.25, 0.3) is 0 Å². The Bertz CT molecular complexity index is 950. The second-order valence-corrected chi connectivity index (χ2v) is 8.49. The van der Waals surface area contributed by atoms with E-state index in [9.17, 15) is 8.42 Å². The Kier molecular flexibility index (Phi) is 5.32. The molecule has 0 atom stereocenters. The normalized spacial score (nSPS) is 12.9. The molecule has 1 N–H and O–H groups in total. The van der Waals surface area contributed by atoms with Crippen molar-refractivity contribution in [2.24, 2.45) is 0 Å². The Morgan fingerprint density at radius 1 is 1.27 bits per heavy atom. The number of methoxy groups -OCH3 is 1. The van der Waals surface area contributed by atoms with Gasteiger partial charge in [-0.25, -0.2) is 8.42 Å². The molecule has 1 aromatic carbocycles. The first-order chi connectivity index (χ1) is 12.4. The van der Waals surface area contributed by atoms with Crippen LogP contribution in [0.15, 0.2) is 35.2 Å². The highest BCUT2D eigenvalue weighted by molar-refractivity contribution is 7.90. The number of anilines is 1. The summed E-state index contributed by atoms with van der Waals surface area (Å²) in [5.74, 6) is 0.566. The van der Waals surface area contributed by atoms with Crippen LogP contribution in [0, 0.1) is 0 Å². The zero-order chi connectivity index (χ0) is 18.7. The maximum atomic E-state index is 11.8. The molecular weight excluding hydrogens is 348 g/mol. The van der Waals surface area contributed by atoms with E-state index in [1.807, 2.05) is 6.07 Å². The van der Waals surface area contributed by atoms with Crippen molar-refractivity contribution in [3.05, 3.63) is 52.9 Å². The number of sulfone groups is 1. The molecule has 1 aliphatic rings. The van der Waals surface area contributed by atoms with Crippen LogP contribution in [0.4, 0.5) is 5.69 Å². The van der Waals surface area contributed by atoms with Gasteiger partial charge in [-0.15, -0.1) is 0 Å². The van der Waals surface area contributed by atoms with Gasteiger partial charge in [-0.05, 0) is 24.6 Å². The SMILES string of the molecule is CCCNc1cc(Cc2ccc(S(C)(=O)=O)cc2OC)nc2c1C=CC2. The number of hydrogen-bond donors (Lipinski definition) is 1. The van der Waals surface area contributed by atoms with E-state index in [0.717, 1.165) is 42.0 Å². The molecule has 0 radical (unpaired) electrons. The fourth-order valence-corrected chi connectivity index (χ4v) is 3.73. The van der Waals surface area contributed by atoms with Gasteiger partial charge < -0.3 is 10.1 Å². The summed E-state index contributed by atoms with van der Waals surface area (Å²) in [6, 6.07) is 7.09. The maximum Gasteiger partial charge on any atom is 0.175 e. The summed E-state index contributed by atoms with van der Waals surface area (Å²) in [6.45, 7) is 3.05. The zero-order valence-electron chi connectivity index (χ0n) is 15.4. The van der Waals surface area contributed by atoms with Gasteiger partial charge in [-0.2, -0.15) is 0 Å². The van der Waals surface area contributed by atoms with Gasteiger partial charge in [0.2, 0.25) is 0 Å². The van der Waals surface area contributed by atoms with E-state index in [1.54, 1.807) is 19.2 Å². The molecule has 1 aliphatic carbocycles. The lowest BCUT2D eigenvalue weighted by atomic mass is 10.1. The van der Waals surface area contributed by atoms with Gasteiger partial charge in [-0.1, -0.05) is 25.1 Å². The van der Waals surface area contributed by atoms with E-state index in [4.69, 9.17) is 9.72 Å². The Hall–Kier alpha value is -2.34. The lowest BCUT2D eigenvalue weighted by Gasteiger charge is -2.14. The van der Waals surface area contributed by atoms with Gasteiger partial charge in [0.15, 0.2) is 9.84 Å². The number of hydrogen-bond acceptors (Lipinski definition) is 5. The average Bonchev–Trinajstić information content (AvgIpc) is 3.07. The first-order valence-corrected chi connectivity index (χ1v) is 10.6. The van der Waals surface area contributed by atoms with Crippen LogP contribution < -0.4 is 10.1 Å². The summed E-state index contributed by atoms with van der Waals surface area (Å²) < 4.78 is 28.9. The van der Waals surface area contributed by atoms with Crippen molar-refractivity contribution < 1.29 is 13.2 Å². The monoisotopic (exact) mass is 372 g/mol. The molecule has 0 unspecified atom stereocenters. The smallest absolute Gasteiger partial charge is 0.175 e. The molecule has 1 heterocycles. The van der Waals surface area contributed by atoms with Gasteiger partial charge in [0, 0.05) is 48.2 Å². The summed E-state index contributed by atoms with van der Waals surface area (Å²) in [5.41, 5.74) is 5.21. The van der Waals surface area contributed by atoms with E-state index in [2.05, 4.69) is 30.5 Å². The highest BCUT2D eigenvalue weighted by Gasteiger charge is 2.16.